The standard InChI is InChI=1S/C31H30ClN3O4S/c1-38-25-19-27-30(28(20-25)39-17-16-34-14-4-5-15-34)35(21-22-8-6-11-24(32)18-22)33-31(27)40(36,37)29-13-7-10-23-9-2-3-12-26(23)29/h2-3,6-13,18-20H,4-5,14-17,21H2,1H3. The summed E-state index contributed by atoms with van der Waals surface area (Å²) in [6, 6.07) is 23.7. The zero-order chi connectivity index (χ0) is 27.7. The van der Waals surface area contributed by atoms with E-state index in [0.717, 1.165) is 30.6 Å². The predicted molar refractivity (Wildman–Crippen MR) is 157 cm³/mol. The van der Waals surface area contributed by atoms with Gasteiger partial charge in [0.2, 0.25) is 9.84 Å². The zero-order valence-corrected chi connectivity index (χ0v) is 23.8. The van der Waals surface area contributed by atoms with E-state index in [0.29, 0.717) is 46.0 Å². The smallest absolute Gasteiger partial charge is 0.226 e. The molecule has 1 aliphatic heterocycles. The highest BCUT2D eigenvalue weighted by Gasteiger charge is 2.29. The molecule has 1 saturated heterocycles. The lowest BCUT2D eigenvalue weighted by molar-refractivity contribution is 0.238. The molecule has 206 valence electrons. The van der Waals surface area contributed by atoms with Crippen molar-refractivity contribution in [1.29, 1.82) is 0 Å². The number of likely N-dealkylation sites (tertiary alicyclic amines) is 1. The Kier molecular flexibility index (Phi) is 7.40. The number of sulfone groups is 1. The summed E-state index contributed by atoms with van der Waals surface area (Å²) in [5, 5.41) is 7.23. The molecule has 0 atom stereocenters. The number of ether oxygens (including phenoxy) is 2. The second kappa shape index (κ2) is 11.1. The molecule has 0 bridgehead atoms. The van der Waals surface area contributed by atoms with E-state index >= 15 is 0 Å². The number of aromatic nitrogens is 2. The summed E-state index contributed by atoms with van der Waals surface area (Å²) in [5.41, 5.74) is 1.49. The molecule has 0 amide bonds. The highest BCUT2D eigenvalue weighted by atomic mass is 35.5. The van der Waals surface area contributed by atoms with Crippen LogP contribution in [-0.2, 0) is 16.4 Å². The topological polar surface area (TPSA) is 73.7 Å². The number of benzene rings is 4. The number of rotatable bonds is 9. The zero-order valence-electron chi connectivity index (χ0n) is 22.2. The molecular weight excluding hydrogens is 546 g/mol. The van der Waals surface area contributed by atoms with Crippen LogP contribution in [0, 0.1) is 0 Å². The third-order valence-electron chi connectivity index (χ3n) is 7.36. The second-order valence-electron chi connectivity index (χ2n) is 9.99. The van der Waals surface area contributed by atoms with E-state index in [1.807, 2.05) is 48.5 Å². The fourth-order valence-corrected chi connectivity index (χ4v) is 7.20. The Hall–Kier alpha value is -3.59. The molecule has 0 unspecified atom stereocenters. The number of fused-ring (bicyclic) bond motifs is 2. The molecule has 5 aromatic rings. The molecule has 0 aliphatic carbocycles. The van der Waals surface area contributed by atoms with Crippen LogP contribution in [0.2, 0.25) is 5.02 Å². The van der Waals surface area contributed by atoms with Gasteiger partial charge in [-0.15, -0.1) is 0 Å². The third-order valence-corrected chi connectivity index (χ3v) is 9.34. The lowest BCUT2D eigenvalue weighted by atomic mass is 10.1. The fourth-order valence-electron chi connectivity index (χ4n) is 5.40. The van der Waals surface area contributed by atoms with Crippen LogP contribution < -0.4 is 9.47 Å². The van der Waals surface area contributed by atoms with Gasteiger partial charge in [0.1, 0.15) is 23.6 Å². The molecule has 4 aromatic carbocycles. The van der Waals surface area contributed by atoms with Gasteiger partial charge >= 0.3 is 0 Å². The molecule has 9 heteroatoms. The molecule has 0 spiro atoms. The van der Waals surface area contributed by atoms with Crippen LogP contribution in [0.4, 0.5) is 0 Å². The number of hydrogen-bond donors (Lipinski definition) is 0. The molecule has 1 fully saturated rings. The minimum Gasteiger partial charge on any atom is -0.497 e. The van der Waals surface area contributed by atoms with Gasteiger partial charge in [0, 0.05) is 28.4 Å². The summed E-state index contributed by atoms with van der Waals surface area (Å²) in [6.45, 7) is 3.71. The van der Waals surface area contributed by atoms with Gasteiger partial charge in [-0.1, -0.05) is 60.1 Å². The summed E-state index contributed by atoms with van der Waals surface area (Å²) in [4.78, 5) is 2.58. The van der Waals surface area contributed by atoms with Crippen molar-refractivity contribution in [2.75, 3.05) is 33.4 Å². The van der Waals surface area contributed by atoms with Gasteiger partial charge in [0.05, 0.1) is 18.6 Å². The summed E-state index contributed by atoms with van der Waals surface area (Å²) < 4.78 is 42.2. The van der Waals surface area contributed by atoms with Crippen molar-refractivity contribution in [1.82, 2.24) is 14.7 Å². The van der Waals surface area contributed by atoms with Crippen molar-refractivity contribution in [3.05, 3.63) is 89.4 Å². The van der Waals surface area contributed by atoms with Gasteiger partial charge in [0.25, 0.3) is 0 Å². The first-order valence-electron chi connectivity index (χ1n) is 13.3. The van der Waals surface area contributed by atoms with Crippen molar-refractivity contribution >= 4 is 43.1 Å². The van der Waals surface area contributed by atoms with Gasteiger partial charge < -0.3 is 9.47 Å². The average molecular weight is 576 g/mol. The molecule has 6 rings (SSSR count). The van der Waals surface area contributed by atoms with Crippen LogP contribution in [0.25, 0.3) is 21.7 Å². The summed E-state index contributed by atoms with van der Waals surface area (Å²) in [6.07, 6.45) is 2.40. The Bertz CT molecular complexity index is 1790. The molecular formula is C31H30ClN3O4S. The van der Waals surface area contributed by atoms with Gasteiger partial charge in [0.15, 0.2) is 5.03 Å². The maximum Gasteiger partial charge on any atom is 0.226 e. The maximum absolute atomic E-state index is 14.3. The van der Waals surface area contributed by atoms with Crippen LogP contribution in [0.1, 0.15) is 18.4 Å². The molecule has 7 nitrogen and oxygen atoms in total. The Morgan fingerprint density at radius 3 is 2.50 bits per heavy atom. The first kappa shape index (κ1) is 26.6. The Labute approximate surface area is 238 Å². The molecule has 0 radical (unpaired) electrons. The minimum atomic E-state index is -4.02. The Balaban J connectivity index is 1.52. The molecule has 2 heterocycles. The van der Waals surface area contributed by atoms with E-state index in [4.69, 9.17) is 26.2 Å². The van der Waals surface area contributed by atoms with Gasteiger partial charge in [-0.25, -0.2) is 8.42 Å². The third kappa shape index (κ3) is 5.14. The first-order valence-corrected chi connectivity index (χ1v) is 15.2. The normalized spacial score (nSPS) is 14.2. The number of halogens is 1. The lowest BCUT2D eigenvalue weighted by Crippen LogP contribution is -2.25. The maximum atomic E-state index is 14.3. The minimum absolute atomic E-state index is 0.0378. The SMILES string of the molecule is COc1cc(OCCN2CCCC2)c2c(c1)c(S(=O)(=O)c1cccc3ccccc13)nn2Cc1cccc(Cl)c1. The predicted octanol–water partition coefficient (Wildman–Crippen LogP) is 6.21. The number of nitrogens with zero attached hydrogens (tertiary/aromatic N) is 3. The van der Waals surface area contributed by atoms with Gasteiger partial charge in [-0.2, -0.15) is 5.10 Å². The van der Waals surface area contributed by atoms with E-state index in [-0.39, 0.29) is 9.92 Å². The monoisotopic (exact) mass is 575 g/mol. The second-order valence-corrected chi connectivity index (χ2v) is 12.3. The van der Waals surface area contributed by atoms with Crippen molar-refractivity contribution in [3.8, 4) is 11.5 Å². The Morgan fingerprint density at radius 2 is 1.70 bits per heavy atom. The summed E-state index contributed by atoms with van der Waals surface area (Å²) in [7, 11) is -2.46. The highest BCUT2D eigenvalue weighted by molar-refractivity contribution is 7.91. The van der Waals surface area contributed by atoms with Crippen molar-refractivity contribution in [3.63, 3.8) is 0 Å². The largest absolute Gasteiger partial charge is 0.497 e. The van der Waals surface area contributed by atoms with Gasteiger partial charge in [-0.05, 0) is 61.1 Å². The average Bonchev–Trinajstić information content (AvgIpc) is 3.61. The van der Waals surface area contributed by atoms with E-state index in [1.165, 1.54) is 12.8 Å². The molecule has 1 aliphatic rings. The van der Waals surface area contributed by atoms with Crippen LogP contribution in [0.5, 0.6) is 11.5 Å². The quantitative estimate of drug-likeness (QED) is 0.208. The van der Waals surface area contributed by atoms with Crippen molar-refractivity contribution in [2.45, 2.75) is 29.3 Å². The van der Waals surface area contributed by atoms with Crippen molar-refractivity contribution in [2.24, 2.45) is 0 Å². The van der Waals surface area contributed by atoms with E-state index in [1.54, 1.807) is 42.1 Å². The molecule has 0 N–H and O–H groups in total. The van der Waals surface area contributed by atoms with Crippen LogP contribution in [0.3, 0.4) is 0 Å². The number of hydrogen-bond acceptors (Lipinski definition) is 6. The van der Waals surface area contributed by atoms with Gasteiger partial charge in [-0.3, -0.25) is 9.58 Å². The molecule has 40 heavy (non-hydrogen) atoms. The Morgan fingerprint density at radius 1 is 0.925 bits per heavy atom. The van der Waals surface area contributed by atoms with Crippen LogP contribution >= 0.6 is 11.6 Å². The van der Waals surface area contributed by atoms with Crippen molar-refractivity contribution < 1.29 is 17.9 Å². The lowest BCUT2D eigenvalue weighted by Gasteiger charge is -2.16. The fraction of sp³-hybridized carbons (Fsp3) is 0.258. The van der Waals surface area contributed by atoms with Crippen LogP contribution in [0.15, 0.2) is 88.8 Å². The first-order chi connectivity index (χ1) is 19.4. The van der Waals surface area contributed by atoms with E-state index in [2.05, 4.69) is 4.90 Å². The van der Waals surface area contributed by atoms with E-state index < -0.39 is 9.84 Å². The molecule has 0 saturated carbocycles. The molecule has 1 aromatic heterocycles. The summed E-state index contributed by atoms with van der Waals surface area (Å²) in [5.74, 6) is 1.03. The van der Waals surface area contributed by atoms with Crippen LogP contribution in [-0.4, -0.2) is 56.4 Å². The number of methoxy groups -OCH3 is 1. The van der Waals surface area contributed by atoms with E-state index in [9.17, 15) is 8.42 Å². The summed E-state index contributed by atoms with van der Waals surface area (Å²) >= 11 is 6.27. The highest BCUT2D eigenvalue weighted by Crippen LogP contribution is 2.38.